The molecule has 7 heteroatoms. The highest BCUT2D eigenvalue weighted by molar-refractivity contribution is 6.29. The normalized spacial score (nSPS) is 15.5. The third-order valence-electron chi connectivity index (χ3n) is 5.36. The minimum absolute atomic E-state index is 0.214. The molecule has 148 valence electrons. The number of anilines is 1. The van der Waals surface area contributed by atoms with Gasteiger partial charge in [-0.05, 0) is 37.2 Å². The van der Waals surface area contributed by atoms with Crippen molar-refractivity contribution in [1.29, 1.82) is 0 Å². The molecule has 0 amide bonds. The van der Waals surface area contributed by atoms with Crippen LogP contribution in [0.2, 0.25) is 5.15 Å². The molecule has 5 nitrogen and oxygen atoms in total. The van der Waals surface area contributed by atoms with E-state index in [-0.39, 0.29) is 5.82 Å². The van der Waals surface area contributed by atoms with Crippen LogP contribution >= 0.6 is 11.6 Å². The van der Waals surface area contributed by atoms with Gasteiger partial charge in [-0.25, -0.2) is 13.9 Å². The number of nitrogens with zero attached hydrogens (tertiary/aromatic N) is 5. The van der Waals surface area contributed by atoms with Crippen LogP contribution in [-0.4, -0.2) is 52.2 Å². The molecule has 28 heavy (non-hydrogen) atoms. The summed E-state index contributed by atoms with van der Waals surface area (Å²) < 4.78 is 16.6. The molecule has 0 N–H and O–H groups in total. The lowest BCUT2D eigenvalue weighted by Crippen LogP contribution is -2.46. The zero-order valence-electron chi connectivity index (χ0n) is 16.1. The summed E-state index contributed by atoms with van der Waals surface area (Å²) in [5.41, 5.74) is 2.81. The van der Waals surface area contributed by atoms with Crippen molar-refractivity contribution >= 4 is 22.9 Å². The summed E-state index contributed by atoms with van der Waals surface area (Å²) in [6, 6.07) is 8.84. The molecule has 0 unspecified atom stereocenters. The van der Waals surface area contributed by atoms with Crippen molar-refractivity contribution < 1.29 is 4.39 Å². The van der Waals surface area contributed by atoms with Gasteiger partial charge in [0.1, 0.15) is 11.0 Å². The molecule has 2 aromatic heterocycles. The Labute approximate surface area is 169 Å². The average molecular weight is 402 g/mol. The van der Waals surface area contributed by atoms with Crippen LogP contribution in [0.5, 0.6) is 0 Å². The fraction of sp³-hybridized carbons (Fsp3) is 0.429. The molecule has 3 aromatic rings. The van der Waals surface area contributed by atoms with E-state index in [1.807, 2.05) is 12.1 Å². The maximum Gasteiger partial charge on any atom is 0.154 e. The number of fused-ring (bicyclic) bond motifs is 1. The van der Waals surface area contributed by atoms with Gasteiger partial charge < -0.3 is 4.90 Å². The second-order valence-corrected chi connectivity index (χ2v) is 7.66. The minimum Gasteiger partial charge on any atom is -0.367 e. The van der Waals surface area contributed by atoms with E-state index in [1.54, 1.807) is 28.9 Å². The Morgan fingerprint density at radius 2 is 1.89 bits per heavy atom. The van der Waals surface area contributed by atoms with Gasteiger partial charge >= 0.3 is 0 Å². The molecule has 0 aliphatic carbocycles. The van der Waals surface area contributed by atoms with Crippen LogP contribution in [0.15, 0.2) is 36.5 Å². The molecule has 1 aromatic carbocycles. The average Bonchev–Trinajstić information content (AvgIpc) is 3.12. The van der Waals surface area contributed by atoms with E-state index in [9.17, 15) is 4.39 Å². The van der Waals surface area contributed by atoms with Crippen LogP contribution in [0.1, 0.15) is 26.2 Å². The van der Waals surface area contributed by atoms with E-state index < -0.39 is 0 Å². The Hall–Kier alpha value is -2.18. The van der Waals surface area contributed by atoms with Crippen molar-refractivity contribution in [3.63, 3.8) is 0 Å². The molecule has 0 bridgehead atoms. The summed E-state index contributed by atoms with van der Waals surface area (Å²) in [7, 11) is 0. The van der Waals surface area contributed by atoms with E-state index in [2.05, 4.69) is 26.8 Å². The van der Waals surface area contributed by atoms with Crippen molar-refractivity contribution in [3.8, 4) is 11.3 Å². The number of rotatable bonds is 6. The molecule has 1 aliphatic heterocycles. The largest absolute Gasteiger partial charge is 0.367 e. The second kappa shape index (κ2) is 8.45. The zero-order chi connectivity index (χ0) is 19.5. The lowest BCUT2D eigenvalue weighted by molar-refractivity contribution is 0.252. The SMILES string of the molecule is CCCCCN1CCN(c2ccc(-c3cnc4ccc(Cl)nn34)cc2F)CC1. The number of hydrogen-bond donors (Lipinski definition) is 0. The highest BCUT2D eigenvalue weighted by Crippen LogP contribution is 2.28. The van der Waals surface area contributed by atoms with Crippen LogP contribution in [0.25, 0.3) is 16.9 Å². The lowest BCUT2D eigenvalue weighted by Gasteiger charge is -2.36. The third-order valence-corrected chi connectivity index (χ3v) is 5.57. The maximum atomic E-state index is 14.9. The van der Waals surface area contributed by atoms with E-state index in [1.165, 1.54) is 19.3 Å². The molecule has 1 saturated heterocycles. The molecular weight excluding hydrogens is 377 g/mol. The summed E-state index contributed by atoms with van der Waals surface area (Å²) in [4.78, 5) is 8.94. The van der Waals surface area contributed by atoms with Gasteiger partial charge in [0, 0.05) is 31.7 Å². The van der Waals surface area contributed by atoms with E-state index in [0.717, 1.165) is 44.0 Å². The van der Waals surface area contributed by atoms with Gasteiger partial charge in [-0.15, -0.1) is 0 Å². The summed E-state index contributed by atoms with van der Waals surface area (Å²) in [5, 5.41) is 4.65. The van der Waals surface area contributed by atoms with Gasteiger partial charge in [0.15, 0.2) is 5.65 Å². The first-order valence-corrected chi connectivity index (χ1v) is 10.3. The minimum atomic E-state index is -0.214. The van der Waals surface area contributed by atoms with Crippen molar-refractivity contribution in [2.24, 2.45) is 0 Å². The number of imidazole rings is 1. The Kier molecular flexibility index (Phi) is 5.78. The van der Waals surface area contributed by atoms with Gasteiger partial charge in [0.2, 0.25) is 0 Å². The summed E-state index contributed by atoms with van der Waals surface area (Å²) in [5.74, 6) is -0.214. The second-order valence-electron chi connectivity index (χ2n) is 7.27. The number of piperazine rings is 1. The molecule has 0 saturated carbocycles. The highest BCUT2D eigenvalue weighted by atomic mass is 35.5. The molecule has 0 atom stereocenters. The molecule has 0 radical (unpaired) electrons. The van der Waals surface area contributed by atoms with E-state index in [0.29, 0.717) is 16.5 Å². The van der Waals surface area contributed by atoms with E-state index in [4.69, 9.17) is 11.6 Å². The van der Waals surface area contributed by atoms with Gasteiger partial charge in [-0.3, -0.25) is 4.90 Å². The first kappa shape index (κ1) is 19.2. The number of halogens is 2. The standard InChI is InChI=1S/C21H25ClFN5/c1-2-3-4-9-26-10-12-27(13-11-26)18-6-5-16(14-17(18)23)19-15-24-21-8-7-20(22)25-28(19)21/h5-8,14-15H,2-4,9-13H2,1H3. The van der Waals surface area contributed by atoms with Crippen LogP contribution in [0.4, 0.5) is 10.1 Å². The number of benzene rings is 1. The first-order chi connectivity index (χ1) is 13.7. The van der Waals surface area contributed by atoms with Crippen molar-refractivity contribution in [2.45, 2.75) is 26.2 Å². The predicted octanol–water partition coefficient (Wildman–Crippen LogP) is 4.50. The maximum absolute atomic E-state index is 14.9. The van der Waals surface area contributed by atoms with Crippen molar-refractivity contribution in [1.82, 2.24) is 19.5 Å². The summed E-state index contributed by atoms with van der Waals surface area (Å²) >= 11 is 6.00. The Morgan fingerprint density at radius 1 is 1.07 bits per heavy atom. The Bertz CT molecular complexity index is 949. The lowest BCUT2D eigenvalue weighted by atomic mass is 10.1. The molecule has 0 spiro atoms. The summed E-state index contributed by atoms with van der Waals surface area (Å²) in [6.45, 7) is 7.06. The number of aromatic nitrogens is 3. The van der Waals surface area contributed by atoms with Crippen LogP contribution in [0.3, 0.4) is 0 Å². The van der Waals surface area contributed by atoms with Crippen LogP contribution in [-0.2, 0) is 0 Å². The summed E-state index contributed by atoms with van der Waals surface area (Å²) in [6.07, 6.45) is 5.46. The monoisotopic (exact) mass is 401 g/mol. The number of unbranched alkanes of at least 4 members (excludes halogenated alkanes) is 2. The topological polar surface area (TPSA) is 36.7 Å². The van der Waals surface area contributed by atoms with Gasteiger partial charge in [-0.1, -0.05) is 37.4 Å². The quantitative estimate of drug-likeness (QED) is 0.570. The van der Waals surface area contributed by atoms with Crippen molar-refractivity contribution in [2.75, 3.05) is 37.6 Å². The fourth-order valence-corrected chi connectivity index (χ4v) is 3.91. The van der Waals surface area contributed by atoms with Gasteiger partial charge in [-0.2, -0.15) is 5.10 Å². The molecule has 1 aliphatic rings. The highest BCUT2D eigenvalue weighted by Gasteiger charge is 2.20. The molecule has 1 fully saturated rings. The fourth-order valence-electron chi connectivity index (χ4n) is 3.77. The Balaban J connectivity index is 1.49. The molecule has 3 heterocycles. The van der Waals surface area contributed by atoms with Gasteiger partial charge in [0.25, 0.3) is 0 Å². The van der Waals surface area contributed by atoms with Crippen LogP contribution in [0, 0.1) is 5.82 Å². The third kappa shape index (κ3) is 3.98. The predicted molar refractivity (Wildman–Crippen MR) is 112 cm³/mol. The van der Waals surface area contributed by atoms with E-state index >= 15 is 0 Å². The smallest absolute Gasteiger partial charge is 0.154 e. The number of hydrogen-bond acceptors (Lipinski definition) is 4. The molecular formula is C21H25ClFN5. The Morgan fingerprint density at radius 3 is 2.64 bits per heavy atom. The zero-order valence-corrected chi connectivity index (χ0v) is 16.9. The van der Waals surface area contributed by atoms with Gasteiger partial charge in [0.05, 0.1) is 17.6 Å². The van der Waals surface area contributed by atoms with Crippen LogP contribution < -0.4 is 4.90 Å². The van der Waals surface area contributed by atoms with Crippen molar-refractivity contribution in [3.05, 3.63) is 47.5 Å². The molecule has 4 rings (SSSR count). The first-order valence-electron chi connectivity index (χ1n) is 9.93.